The van der Waals surface area contributed by atoms with Gasteiger partial charge in [-0.1, -0.05) is 35.5 Å². The summed E-state index contributed by atoms with van der Waals surface area (Å²) in [7, 11) is 0. The van der Waals surface area contributed by atoms with Crippen LogP contribution < -0.4 is 4.74 Å². The predicted octanol–water partition coefficient (Wildman–Crippen LogP) is 5.95. The Labute approximate surface area is 191 Å². The van der Waals surface area contributed by atoms with Crippen LogP contribution in [0.5, 0.6) is 5.75 Å². The van der Waals surface area contributed by atoms with Crippen molar-refractivity contribution in [3.8, 4) is 5.75 Å². The highest BCUT2D eigenvalue weighted by molar-refractivity contribution is 7.99. The molecule has 3 aromatic carbocycles. The Morgan fingerprint density at radius 2 is 1.62 bits per heavy atom. The first-order valence-electron chi connectivity index (χ1n) is 9.41. The van der Waals surface area contributed by atoms with Gasteiger partial charge in [-0.05, 0) is 60.7 Å². The molecule has 0 saturated carbocycles. The number of ether oxygens (including phenoxy) is 1. The number of aromatic nitrogens is 2. The molecule has 0 aliphatic carbocycles. The summed E-state index contributed by atoms with van der Waals surface area (Å²) in [6.45, 7) is -2.95. The molecule has 0 spiro atoms. The first-order chi connectivity index (χ1) is 15.4. The third-order valence-electron chi connectivity index (χ3n) is 4.56. The Hall–Kier alpha value is -3.23. The van der Waals surface area contributed by atoms with E-state index in [4.69, 9.17) is 11.6 Å². The zero-order chi connectivity index (χ0) is 22.7. The smallest absolute Gasteiger partial charge is 0.387 e. The highest BCUT2D eigenvalue weighted by Gasteiger charge is 2.20. The Balaban J connectivity index is 1.62. The number of hydrogen-bond acceptors (Lipinski definition) is 5. The maximum atomic E-state index is 13.2. The lowest BCUT2D eigenvalue weighted by molar-refractivity contribution is -0.0498. The van der Waals surface area contributed by atoms with Crippen molar-refractivity contribution in [2.24, 2.45) is 0 Å². The van der Waals surface area contributed by atoms with Crippen LogP contribution in [0.15, 0.2) is 78.0 Å². The van der Waals surface area contributed by atoms with Crippen LogP contribution in [0.3, 0.4) is 0 Å². The Morgan fingerprint density at radius 3 is 2.31 bits per heavy atom. The second-order valence-corrected chi connectivity index (χ2v) is 8.02. The van der Waals surface area contributed by atoms with Gasteiger partial charge in [0.15, 0.2) is 10.9 Å². The number of benzene rings is 3. The monoisotopic (exact) mass is 472 g/mol. The fourth-order valence-electron chi connectivity index (χ4n) is 3.05. The minimum absolute atomic E-state index is 0.0461. The number of carbonyl (C=O) groups excluding carboxylic acids is 2. The van der Waals surface area contributed by atoms with E-state index in [9.17, 15) is 18.4 Å². The molecule has 4 rings (SSSR count). The molecular weight excluding hydrogens is 458 g/mol. The maximum Gasteiger partial charge on any atom is 0.387 e. The Bertz CT molecular complexity index is 1270. The molecule has 32 heavy (non-hydrogen) atoms. The van der Waals surface area contributed by atoms with E-state index in [1.165, 1.54) is 28.8 Å². The molecule has 0 fully saturated rings. The van der Waals surface area contributed by atoms with E-state index >= 15 is 0 Å². The van der Waals surface area contributed by atoms with Crippen molar-refractivity contribution in [1.29, 1.82) is 0 Å². The SMILES string of the molecule is O=C(CSc1nc2ccccc2n1C(=O)c1ccc(OC(F)F)cc1)c1ccc(Cl)cc1. The number of alkyl halides is 2. The van der Waals surface area contributed by atoms with E-state index in [-0.39, 0.29) is 22.8 Å². The number of carbonyl (C=O) groups is 2. The summed E-state index contributed by atoms with van der Waals surface area (Å²) in [6.07, 6.45) is 0. The predicted molar refractivity (Wildman–Crippen MR) is 119 cm³/mol. The summed E-state index contributed by atoms with van der Waals surface area (Å²) < 4.78 is 30.5. The number of imidazole rings is 1. The number of Topliss-reactive ketones (excluding diaryl/α,β-unsaturated/α-hetero) is 1. The molecule has 0 amide bonds. The second kappa shape index (κ2) is 9.50. The van der Waals surface area contributed by atoms with Crippen LogP contribution in [0.1, 0.15) is 20.7 Å². The topological polar surface area (TPSA) is 61.2 Å². The van der Waals surface area contributed by atoms with Gasteiger partial charge in [0.05, 0.1) is 16.8 Å². The van der Waals surface area contributed by atoms with Crippen LogP contribution in [0.4, 0.5) is 8.78 Å². The maximum absolute atomic E-state index is 13.2. The van der Waals surface area contributed by atoms with Crippen molar-refractivity contribution >= 4 is 46.1 Å². The number of hydrogen-bond donors (Lipinski definition) is 0. The fraction of sp³-hybridized carbons (Fsp3) is 0.0870. The van der Waals surface area contributed by atoms with Crippen molar-refractivity contribution in [2.45, 2.75) is 11.8 Å². The summed E-state index contributed by atoms with van der Waals surface area (Å²) in [5, 5.41) is 0.887. The van der Waals surface area contributed by atoms with Crippen molar-refractivity contribution < 1.29 is 23.1 Å². The summed E-state index contributed by atoms with van der Waals surface area (Å²) in [4.78, 5) is 30.3. The van der Waals surface area contributed by atoms with Crippen LogP contribution in [0, 0.1) is 0 Å². The molecule has 0 aliphatic rings. The number of ketones is 1. The van der Waals surface area contributed by atoms with E-state index in [1.807, 2.05) is 0 Å². The molecular formula is C23H15ClF2N2O3S. The Kier molecular flexibility index (Phi) is 6.53. The number of nitrogens with zero attached hydrogens (tertiary/aromatic N) is 2. The van der Waals surface area contributed by atoms with Crippen LogP contribution >= 0.6 is 23.4 Å². The van der Waals surface area contributed by atoms with Crippen molar-refractivity contribution in [3.63, 3.8) is 0 Å². The van der Waals surface area contributed by atoms with Gasteiger partial charge >= 0.3 is 6.61 Å². The van der Waals surface area contributed by atoms with Gasteiger partial charge in [-0.25, -0.2) is 4.98 Å². The number of rotatable bonds is 7. The van der Waals surface area contributed by atoms with Crippen LogP contribution in [0.2, 0.25) is 5.02 Å². The highest BCUT2D eigenvalue weighted by atomic mass is 35.5. The summed E-state index contributed by atoms with van der Waals surface area (Å²) in [5.74, 6) is -0.510. The van der Waals surface area contributed by atoms with Crippen LogP contribution in [0.25, 0.3) is 11.0 Å². The average molecular weight is 473 g/mol. The van der Waals surface area contributed by atoms with Gasteiger partial charge in [-0.3, -0.25) is 14.2 Å². The molecule has 4 aromatic rings. The standard InChI is InChI=1S/C23H15ClF2N2O3S/c24-16-9-5-14(6-10-16)20(29)13-32-23-27-18-3-1-2-4-19(18)28(23)21(30)15-7-11-17(12-8-15)31-22(25)26/h1-12,22H,13H2. The molecule has 0 aliphatic heterocycles. The zero-order valence-corrected chi connectivity index (χ0v) is 17.9. The lowest BCUT2D eigenvalue weighted by Crippen LogP contribution is -2.14. The van der Waals surface area contributed by atoms with Gasteiger partial charge in [0.1, 0.15) is 5.75 Å². The van der Waals surface area contributed by atoms with Gasteiger partial charge in [0.25, 0.3) is 5.91 Å². The molecule has 0 radical (unpaired) electrons. The molecule has 9 heteroatoms. The molecule has 0 saturated heterocycles. The molecule has 0 N–H and O–H groups in total. The first kappa shape index (κ1) is 22.0. The lowest BCUT2D eigenvalue weighted by atomic mass is 10.1. The third kappa shape index (κ3) is 4.81. The summed E-state index contributed by atoms with van der Waals surface area (Å²) >= 11 is 7.01. The Morgan fingerprint density at radius 1 is 0.969 bits per heavy atom. The van der Waals surface area contributed by atoms with E-state index in [2.05, 4.69) is 9.72 Å². The molecule has 0 unspecified atom stereocenters. The second-order valence-electron chi connectivity index (χ2n) is 6.65. The van der Waals surface area contributed by atoms with Crippen molar-refractivity contribution in [2.75, 3.05) is 5.75 Å². The number of halogens is 3. The fourth-order valence-corrected chi connectivity index (χ4v) is 4.08. The van der Waals surface area contributed by atoms with E-state index in [1.54, 1.807) is 48.5 Å². The third-order valence-corrected chi connectivity index (χ3v) is 5.75. The average Bonchev–Trinajstić information content (AvgIpc) is 3.16. The van der Waals surface area contributed by atoms with Crippen LogP contribution in [-0.4, -0.2) is 33.6 Å². The molecule has 5 nitrogen and oxygen atoms in total. The molecule has 1 aromatic heterocycles. The quantitative estimate of drug-likeness (QED) is 0.245. The molecule has 1 heterocycles. The molecule has 0 bridgehead atoms. The van der Waals surface area contributed by atoms with Gasteiger partial charge in [-0.15, -0.1) is 0 Å². The van der Waals surface area contributed by atoms with E-state index in [0.717, 1.165) is 11.8 Å². The minimum Gasteiger partial charge on any atom is -0.435 e. The number of fused-ring (bicyclic) bond motifs is 1. The normalized spacial score (nSPS) is 11.1. The minimum atomic E-state index is -2.95. The lowest BCUT2D eigenvalue weighted by Gasteiger charge is -2.09. The van der Waals surface area contributed by atoms with Crippen LogP contribution in [-0.2, 0) is 0 Å². The van der Waals surface area contributed by atoms with Gasteiger partial charge < -0.3 is 4.74 Å². The van der Waals surface area contributed by atoms with E-state index < -0.39 is 12.5 Å². The van der Waals surface area contributed by atoms with Gasteiger partial charge in [-0.2, -0.15) is 8.78 Å². The summed E-state index contributed by atoms with van der Waals surface area (Å²) in [6, 6.07) is 19.1. The largest absolute Gasteiger partial charge is 0.435 e. The molecule has 162 valence electrons. The molecule has 0 atom stereocenters. The highest BCUT2D eigenvalue weighted by Crippen LogP contribution is 2.27. The number of para-hydroxylation sites is 2. The van der Waals surface area contributed by atoms with Gasteiger partial charge in [0, 0.05) is 16.1 Å². The van der Waals surface area contributed by atoms with Gasteiger partial charge in [0.2, 0.25) is 0 Å². The number of thioether (sulfide) groups is 1. The zero-order valence-electron chi connectivity index (χ0n) is 16.4. The first-order valence-corrected chi connectivity index (χ1v) is 10.8. The summed E-state index contributed by atoms with van der Waals surface area (Å²) in [5.41, 5.74) is 1.94. The van der Waals surface area contributed by atoms with E-state index in [0.29, 0.717) is 26.8 Å². The van der Waals surface area contributed by atoms with Crippen molar-refractivity contribution in [3.05, 3.63) is 88.9 Å². The van der Waals surface area contributed by atoms with Crippen molar-refractivity contribution in [1.82, 2.24) is 9.55 Å².